The van der Waals surface area contributed by atoms with Crippen LogP contribution in [0.15, 0.2) is 12.3 Å². The summed E-state index contributed by atoms with van der Waals surface area (Å²) in [6.45, 7) is 0. The third kappa shape index (κ3) is 1.47. The molecule has 0 aliphatic rings. The Morgan fingerprint density at radius 2 is 2.00 bits per heavy atom. The number of hydrogen-bond acceptors (Lipinski definition) is 6. The van der Waals surface area contributed by atoms with Crippen molar-refractivity contribution in [2.45, 2.75) is 0 Å². The van der Waals surface area contributed by atoms with Crippen molar-refractivity contribution in [3.63, 3.8) is 0 Å². The van der Waals surface area contributed by atoms with Gasteiger partial charge in [0, 0.05) is 13.1 Å². The van der Waals surface area contributed by atoms with Crippen molar-refractivity contribution >= 4 is 11.8 Å². The lowest BCUT2D eigenvalue weighted by Gasteiger charge is -1.98. The van der Waals surface area contributed by atoms with Gasteiger partial charge in [0.2, 0.25) is 5.95 Å². The summed E-state index contributed by atoms with van der Waals surface area (Å²) >= 11 is 0. The predicted octanol–water partition coefficient (Wildman–Crippen LogP) is -0.564. The minimum absolute atomic E-state index is 0.130. The molecule has 0 aliphatic carbocycles. The fourth-order valence-electron chi connectivity index (χ4n) is 1.08. The maximum atomic E-state index is 5.52. The quantitative estimate of drug-likeness (QED) is 0.625. The second kappa shape index (κ2) is 2.95. The molecule has 14 heavy (non-hydrogen) atoms. The number of nitrogens with two attached hydrogens (primary N) is 2. The van der Waals surface area contributed by atoms with Crippen molar-refractivity contribution < 1.29 is 0 Å². The van der Waals surface area contributed by atoms with E-state index in [2.05, 4.69) is 20.2 Å². The summed E-state index contributed by atoms with van der Waals surface area (Å²) in [5, 5.41) is 7.98. The van der Waals surface area contributed by atoms with Crippen LogP contribution in [-0.4, -0.2) is 25.0 Å². The molecule has 0 aromatic carbocycles. The third-order valence-electron chi connectivity index (χ3n) is 1.63. The minimum atomic E-state index is 0.130. The van der Waals surface area contributed by atoms with Gasteiger partial charge in [-0.3, -0.25) is 0 Å². The van der Waals surface area contributed by atoms with Crippen LogP contribution in [0.25, 0.3) is 11.4 Å². The molecule has 0 radical (unpaired) electrons. The van der Waals surface area contributed by atoms with Gasteiger partial charge < -0.3 is 11.5 Å². The Labute approximate surface area is 79.8 Å². The van der Waals surface area contributed by atoms with Gasteiger partial charge in [0.25, 0.3) is 0 Å². The predicted molar refractivity (Wildman–Crippen MR) is 50.9 cm³/mol. The normalized spacial score (nSPS) is 10.4. The number of nitrogen functional groups attached to an aromatic ring is 2. The van der Waals surface area contributed by atoms with Crippen molar-refractivity contribution in [1.29, 1.82) is 0 Å². The average Bonchev–Trinajstić information content (AvgIpc) is 2.50. The van der Waals surface area contributed by atoms with E-state index in [0.717, 1.165) is 0 Å². The molecule has 2 aromatic rings. The lowest BCUT2D eigenvalue weighted by molar-refractivity contribution is 0.655. The molecule has 2 heterocycles. The number of hydrogen-bond donors (Lipinski definition) is 2. The van der Waals surface area contributed by atoms with Crippen LogP contribution in [0, 0.1) is 0 Å². The molecule has 0 atom stereocenters. The van der Waals surface area contributed by atoms with Crippen LogP contribution in [0.3, 0.4) is 0 Å². The largest absolute Gasteiger partial charge is 0.384 e. The monoisotopic (exact) mass is 191 g/mol. The number of nitrogens with zero attached hydrogens (tertiary/aromatic N) is 5. The molecule has 0 saturated carbocycles. The molecule has 0 saturated heterocycles. The Morgan fingerprint density at radius 3 is 2.57 bits per heavy atom. The fraction of sp³-hybridized carbons (Fsp3) is 0.143. The number of aryl methyl sites for hydroxylation is 1. The first-order valence-corrected chi connectivity index (χ1v) is 3.92. The SMILES string of the molecule is Cn1ncc(-c2cc(N)nc(N)n2)n1. The zero-order valence-electron chi connectivity index (χ0n) is 7.55. The highest BCUT2D eigenvalue weighted by atomic mass is 15.4. The van der Waals surface area contributed by atoms with Crippen molar-refractivity contribution in [2.75, 3.05) is 11.5 Å². The number of aromatic nitrogens is 5. The van der Waals surface area contributed by atoms with Crippen molar-refractivity contribution in [3.8, 4) is 11.4 Å². The molecule has 0 bridgehead atoms. The Kier molecular flexibility index (Phi) is 1.77. The third-order valence-corrected chi connectivity index (χ3v) is 1.63. The van der Waals surface area contributed by atoms with E-state index in [0.29, 0.717) is 17.2 Å². The lowest BCUT2D eigenvalue weighted by atomic mass is 10.3. The summed E-state index contributed by atoms with van der Waals surface area (Å²) < 4.78 is 0. The zero-order valence-corrected chi connectivity index (χ0v) is 7.55. The first-order chi connectivity index (χ1) is 6.65. The van der Waals surface area contributed by atoms with Gasteiger partial charge >= 0.3 is 0 Å². The highest BCUT2D eigenvalue weighted by Gasteiger charge is 2.06. The van der Waals surface area contributed by atoms with Gasteiger partial charge in [-0.1, -0.05) is 0 Å². The molecule has 0 aliphatic heterocycles. The van der Waals surface area contributed by atoms with Crippen LogP contribution in [-0.2, 0) is 7.05 Å². The van der Waals surface area contributed by atoms with Gasteiger partial charge in [-0.05, 0) is 0 Å². The van der Waals surface area contributed by atoms with Gasteiger partial charge in [0.1, 0.15) is 11.5 Å². The summed E-state index contributed by atoms with van der Waals surface area (Å²) in [4.78, 5) is 9.18. The van der Waals surface area contributed by atoms with Crippen LogP contribution >= 0.6 is 0 Å². The topological polar surface area (TPSA) is 109 Å². The standard InChI is InChI=1S/C7H9N7/c1-14-10-3-5(13-14)4-2-6(8)12-7(9)11-4/h2-3H,1H3,(H4,8,9,11,12). The number of rotatable bonds is 1. The van der Waals surface area contributed by atoms with E-state index in [9.17, 15) is 0 Å². The molecular formula is C7H9N7. The lowest BCUT2D eigenvalue weighted by Crippen LogP contribution is -2.01. The van der Waals surface area contributed by atoms with E-state index in [-0.39, 0.29) is 5.95 Å². The van der Waals surface area contributed by atoms with E-state index in [1.165, 1.54) is 4.80 Å². The van der Waals surface area contributed by atoms with E-state index in [1.807, 2.05) is 0 Å². The second-order valence-corrected chi connectivity index (χ2v) is 2.76. The van der Waals surface area contributed by atoms with E-state index in [4.69, 9.17) is 11.5 Å². The summed E-state index contributed by atoms with van der Waals surface area (Å²) in [5.74, 6) is 0.448. The van der Waals surface area contributed by atoms with E-state index in [1.54, 1.807) is 19.3 Å². The summed E-state index contributed by atoms with van der Waals surface area (Å²) in [6, 6.07) is 1.60. The Bertz CT molecular complexity index is 441. The summed E-state index contributed by atoms with van der Waals surface area (Å²) in [6.07, 6.45) is 1.58. The average molecular weight is 191 g/mol. The van der Waals surface area contributed by atoms with Crippen LogP contribution in [0.1, 0.15) is 0 Å². The minimum Gasteiger partial charge on any atom is -0.384 e. The molecule has 7 heteroatoms. The number of anilines is 2. The molecule has 0 amide bonds. The maximum Gasteiger partial charge on any atom is 0.222 e. The molecule has 2 aromatic heterocycles. The molecule has 0 fully saturated rings. The van der Waals surface area contributed by atoms with Gasteiger partial charge in [-0.2, -0.15) is 20.0 Å². The van der Waals surface area contributed by atoms with Crippen LogP contribution < -0.4 is 11.5 Å². The van der Waals surface area contributed by atoms with E-state index < -0.39 is 0 Å². The van der Waals surface area contributed by atoms with Gasteiger partial charge in [-0.15, -0.1) is 0 Å². The summed E-state index contributed by atoms with van der Waals surface area (Å²) in [7, 11) is 1.72. The van der Waals surface area contributed by atoms with Crippen molar-refractivity contribution in [2.24, 2.45) is 7.05 Å². The molecule has 4 N–H and O–H groups in total. The van der Waals surface area contributed by atoms with Crippen molar-refractivity contribution in [1.82, 2.24) is 25.0 Å². The smallest absolute Gasteiger partial charge is 0.222 e. The Hall–Kier alpha value is -2.18. The first kappa shape index (κ1) is 8.42. The molecular weight excluding hydrogens is 182 g/mol. The van der Waals surface area contributed by atoms with Crippen LogP contribution in [0.5, 0.6) is 0 Å². The zero-order chi connectivity index (χ0) is 10.1. The molecule has 0 unspecified atom stereocenters. The highest BCUT2D eigenvalue weighted by molar-refractivity contribution is 5.58. The molecule has 2 rings (SSSR count). The maximum absolute atomic E-state index is 5.52. The molecule has 72 valence electrons. The molecule has 0 spiro atoms. The van der Waals surface area contributed by atoms with Crippen LogP contribution in [0.4, 0.5) is 11.8 Å². The first-order valence-electron chi connectivity index (χ1n) is 3.92. The Balaban J connectivity index is 2.51. The van der Waals surface area contributed by atoms with Crippen LogP contribution in [0.2, 0.25) is 0 Å². The Morgan fingerprint density at radius 1 is 1.21 bits per heavy atom. The highest BCUT2D eigenvalue weighted by Crippen LogP contribution is 2.15. The summed E-state index contributed by atoms with van der Waals surface area (Å²) in [5.41, 5.74) is 12.2. The second-order valence-electron chi connectivity index (χ2n) is 2.76. The van der Waals surface area contributed by atoms with Gasteiger partial charge in [0.15, 0.2) is 0 Å². The molecule has 7 nitrogen and oxygen atoms in total. The van der Waals surface area contributed by atoms with Crippen molar-refractivity contribution in [3.05, 3.63) is 12.3 Å². The fourth-order valence-corrected chi connectivity index (χ4v) is 1.08. The van der Waals surface area contributed by atoms with Gasteiger partial charge in [-0.25, -0.2) is 4.98 Å². The van der Waals surface area contributed by atoms with E-state index >= 15 is 0 Å². The van der Waals surface area contributed by atoms with Gasteiger partial charge in [0.05, 0.1) is 11.9 Å².